The van der Waals surface area contributed by atoms with Crippen molar-refractivity contribution in [2.45, 2.75) is 0 Å². The molecule has 4 heteroatoms. The van der Waals surface area contributed by atoms with Gasteiger partial charge in [-0.1, -0.05) is 85.9 Å². The van der Waals surface area contributed by atoms with Crippen molar-refractivity contribution in [3.05, 3.63) is 88.5 Å². The fourth-order valence-electron chi connectivity index (χ4n) is 2.76. The van der Waals surface area contributed by atoms with Crippen LogP contribution in [0.2, 0.25) is 0 Å². The van der Waals surface area contributed by atoms with E-state index in [0.29, 0.717) is 0 Å². The Kier molecular flexibility index (Phi) is 4.52. The molecule has 0 saturated heterocycles. The van der Waals surface area contributed by atoms with Crippen LogP contribution in [-0.4, -0.2) is 19.3 Å². The topological polar surface area (TPSA) is 30.7 Å². The predicted octanol–water partition coefficient (Wildman–Crippen LogP) is 5.17. The first-order valence-electron chi connectivity index (χ1n) is 7.92. The second-order valence-electron chi connectivity index (χ2n) is 5.52. The van der Waals surface area contributed by atoms with E-state index in [4.69, 9.17) is 0 Å². The summed E-state index contributed by atoms with van der Waals surface area (Å²) in [4.78, 5) is 0. The summed E-state index contributed by atoms with van der Waals surface area (Å²) >= 11 is -0.150. The van der Waals surface area contributed by atoms with E-state index in [1.54, 1.807) is 0 Å². The first-order chi connectivity index (χ1) is 12.4. The maximum atomic E-state index is 4.50. The molecule has 3 nitrogen and oxygen atoms in total. The second kappa shape index (κ2) is 7.11. The lowest BCUT2D eigenvalue weighted by Gasteiger charge is -2.11. The van der Waals surface area contributed by atoms with Gasteiger partial charge in [-0.05, 0) is 24.3 Å². The van der Waals surface area contributed by atoms with E-state index < -0.39 is 0 Å². The van der Waals surface area contributed by atoms with Gasteiger partial charge in [-0.3, -0.25) is 4.57 Å². The molecule has 0 aliphatic carbocycles. The SMILES string of the molecule is C=Ic1ccc(-c2nnc(-c3ccccc3)n2-c2ccccc2)cc1. The maximum absolute atomic E-state index is 4.50. The summed E-state index contributed by atoms with van der Waals surface area (Å²) in [6.07, 6.45) is 0. The van der Waals surface area contributed by atoms with Gasteiger partial charge in [0.1, 0.15) is 0 Å². The molecule has 0 amide bonds. The van der Waals surface area contributed by atoms with E-state index in [1.165, 1.54) is 3.57 Å². The van der Waals surface area contributed by atoms with Crippen LogP contribution in [-0.2, 0) is 0 Å². The molecule has 0 bridgehead atoms. The average molecular weight is 437 g/mol. The first-order valence-corrected chi connectivity index (χ1v) is 10.5. The van der Waals surface area contributed by atoms with Crippen molar-refractivity contribution in [3.8, 4) is 28.5 Å². The Bertz CT molecular complexity index is 991. The van der Waals surface area contributed by atoms with Crippen LogP contribution in [0.15, 0.2) is 84.9 Å². The highest BCUT2D eigenvalue weighted by Gasteiger charge is 2.16. The molecule has 0 aliphatic rings. The van der Waals surface area contributed by atoms with Crippen LogP contribution in [0.1, 0.15) is 0 Å². The van der Waals surface area contributed by atoms with Crippen molar-refractivity contribution in [1.29, 1.82) is 0 Å². The summed E-state index contributed by atoms with van der Waals surface area (Å²) in [6.45, 7) is 0. The van der Waals surface area contributed by atoms with E-state index in [0.717, 1.165) is 28.5 Å². The molecule has 3 aromatic carbocycles. The third kappa shape index (κ3) is 3.17. The maximum Gasteiger partial charge on any atom is 0.168 e. The number of hydrogen-bond donors (Lipinski definition) is 0. The van der Waals surface area contributed by atoms with Crippen LogP contribution >= 0.6 is 20.7 Å². The molecule has 0 atom stereocenters. The minimum atomic E-state index is -0.150. The van der Waals surface area contributed by atoms with Gasteiger partial charge in [-0.15, -0.1) is 10.2 Å². The first kappa shape index (κ1) is 15.9. The van der Waals surface area contributed by atoms with E-state index >= 15 is 0 Å². The molecule has 1 aromatic heterocycles. The lowest BCUT2D eigenvalue weighted by molar-refractivity contribution is 1.07. The quantitative estimate of drug-likeness (QED) is 0.413. The van der Waals surface area contributed by atoms with Crippen molar-refractivity contribution in [1.82, 2.24) is 14.8 Å². The van der Waals surface area contributed by atoms with E-state index in [2.05, 4.69) is 67.8 Å². The van der Waals surface area contributed by atoms with Gasteiger partial charge >= 0.3 is 0 Å². The van der Waals surface area contributed by atoms with Crippen molar-refractivity contribution >= 4 is 25.2 Å². The smallest absolute Gasteiger partial charge is 0.168 e. The minimum absolute atomic E-state index is 0.150. The third-order valence-electron chi connectivity index (χ3n) is 3.97. The van der Waals surface area contributed by atoms with Crippen LogP contribution < -0.4 is 0 Å². The highest BCUT2D eigenvalue weighted by Crippen LogP contribution is 2.28. The molecule has 0 spiro atoms. The van der Waals surface area contributed by atoms with Gasteiger partial charge in [0.05, 0.1) is 0 Å². The number of halogens is 1. The molecule has 0 N–H and O–H groups in total. The Balaban J connectivity index is 1.93. The van der Waals surface area contributed by atoms with E-state index in [-0.39, 0.29) is 20.7 Å². The number of aromatic nitrogens is 3. The fourth-order valence-corrected chi connectivity index (χ4v) is 3.62. The summed E-state index contributed by atoms with van der Waals surface area (Å²) in [5.74, 6) is 1.69. The number of para-hydroxylation sites is 1. The molecule has 0 aliphatic heterocycles. The molecule has 0 unspecified atom stereocenters. The van der Waals surface area contributed by atoms with E-state index in [1.807, 2.05) is 36.4 Å². The Morgan fingerprint density at radius 1 is 0.640 bits per heavy atom. The van der Waals surface area contributed by atoms with Gasteiger partial charge in [0.2, 0.25) is 0 Å². The molecule has 1 heterocycles. The fraction of sp³-hybridized carbons (Fsp3) is 0. The van der Waals surface area contributed by atoms with E-state index in [9.17, 15) is 0 Å². The number of benzene rings is 3. The van der Waals surface area contributed by atoms with Crippen LogP contribution in [0, 0.1) is 3.57 Å². The average Bonchev–Trinajstić information content (AvgIpc) is 3.14. The van der Waals surface area contributed by atoms with Crippen LogP contribution in [0.5, 0.6) is 0 Å². The second-order valence-corrected chi connectivity index (χ2v) is 7.53. The minimum Gasteiger partial charge on any atom is -0.275 e. The van der Waals surface area contributed by atoms with Crippen molar-refractivity contribution in [2.24, 2.45) is 0 Å². The third-order valence-corrected chi connectivity index (χ3v) is 5.57. The van der Waals surface area contributed by atoms with Crippen LogP contribution in [0.25, 0.3) is 28.5 Å². The van der Waals surface area contributed by atoms with Gasteiger partial charge < -0.3 is 0 Å². The number of rotatable bonds is 4. The van der Waals surface area contributed by atoms with Gasteiger partial charge in [0.25, 0.3) is 0 Å². The zero-order chi connectivity index (χ0) is 17.1. The standard InChI is InChI=1S/C21H16IN3/c1-22-18-14-12-17(13-15-18)21-24-23-20(16-8-4-2-5-9-16)25(21)19-10-6-3-7-11-19/h2-15H,1H2. The monoisotopic (exact) mass is 437 g/mol. The predicted molar refractivity (Wildman–Crippen MR) is 112 cm³/mol. The Morgan fingerprint density at radius 2 is 1.16 bits per heavy atom. The molecular formula is C21H16IN3. The summed E-state index contributed by atoms with van der Waals surface area (Å²) in [6, 6.07) is 28.9. The van der Waals surface area contributed by atoms with Crippen molar-refractivity contribution in [3.63, 3.8) is 0 Å². The lowest BCUT2D eigenvalue weighted by atomic mass is 10.1. The highest BCUT2D eigenvalue weighted by atomic mass is 127. The van der Waals surface area contributed by atoms with Gasteiger partial charge in [-0.2, -0.15) is 0 Å². The number of hydrogen-bond acceptors (Lipinski definition) is 2. The molecule has 0 saturated carbocycles. The molecule has 4 aromatic rings. The normalized spacial score (nSPS) is 10.7. The van der Waals surface area contributed by atoms with Crippen molar-refractivity contribution < 1.29 is 0 Å². The summed E-state index contributed by atoms with van der Waals surface area (Å²) < 4.78 is 7.48. The molecule has 25 heavy (non-hydrogen) atoms. The lowest BCUT2D eigenvalue weighted by Crippen LogP contribution is -2.00. The molecule has 122 valence electrons. The summed E-state index contributed by atoms with van der Waals surface area (Å²) in [5.41, 5.74) is 3.15. The molecule has 0 fully saturated rings. The molecule has 0 radical (unpaired) electrons. The van der Waals surface area contributed by atoms with Gasteiger partial charge in [-0.25, -0.2) is 0 Å². The van der Waals surface area contributed by atoms with Crippen LogP contribution in [0.4, 0.5) is 0 Å². The Labute approximate surface area is 156 Å². The van der Waals surface area contributed by atoms with Crippen LogP contribution in [0.3, 0.4) is 0 Å². The molecule has 4 rings (SSSR count). The Morgan fingerprint density at radius 3 is 1.72 bits per heavy atom. The Hall–Kier alpha value is -2.60. The summed E-state index contributed by atoms with van der Waals surface area (Å²) in [7, 11) is 0. The highest BCUT2D eigenvalue weighted by molar-refractivity contribution is 14.2. The van der Waals surface area contributed by atoms with Gasteiger partial charge in [0, 0.05) is 20.4 Å². The van der Waals surface area contributed by atoms with Gasteiger partial charge in [0.15, 0.2) is 11.6 Å². The summed E-state index contributed by atoms with van der Waals surface area (Å²) in [5, 5.41) is 8.99. The largest absolute Gasteiger partial charge is 0.275 e. The number of nitrogens with zero attached hydrogens (tertiary/aromatic N) is 3. The zero-order valence-corrected chi connectivity index (χ0v) is 15.7. The molecular weight excluding hydrogens is 421 g/mol. The van der Waals surface area contributed by atoms with Crippen molar-refractivity contribution in [2.75, 3.05) is 0 Å². The zero-order valence-electron chi connectivity index (χ0n) is 13.5.